The van der Waals surface area contributed by atoms with Crippen LogP contribution in [0.4, 0.5) is 0 Å². The Bertz CT molecular complexity index is 218. The fourth-order valence-electron chi connectivity index (χ4n) is 2.57. The Labute approximate surface area is 122 Å². The number of hydrogen-bond acceptors (Lipinski definition) is 1. The summed E-state index contributed by atoms with van der Waals surface area (Å²) in [5.41, 5.74) is 1.55. The molecule has 19 heavy (non-hydrogen) atoms. The van der Waals surface area contributed by atoms with Gasteiger partial charge in [-0.25, -0.2) is 0 Å². The van der Waals surface area contributed by atoms with Gasteiger partial charge < -0.3 is 4.90 Å². The van der Waals surface area contributed by atoms with Crippen LogP contribution in [0.3, 0.4) is 0 Å². The maximum atomic E-state index is 2.43. The lowest BCUT2D eigenvalue weighted by atomic mass is 10.00. The Morgan fingerprint density at radius 3 is 2.05 bits per heavy atom. The van der Waals surface area contributed by atoms with Gasteiger partial charge >= 0.3 is 0 Å². The van der Waals surface area contributed by atoms with E-state index >= 15 is 0 Å². The Morgan fingerprint density at radius 2 is 1.53 bits per heavy atom. The van der Waals surface area contributed by atoms with Crippen molar-refractivity contribution < 1.29 is 0 Å². The third-order valence-corrected chi connectivity index (χ3v) is 4.22. The van der Waals surface area contributed by atoms with Gasteiger partial charge in [0.25, 0.3) is 0 Å². The zero-order valence-electron chi connectivity index (χ0n) is 14.2. The van der Waals surface area contributed by atoms with Crippen LogP contribution >= 0.6 is 0 Å². The van der Waals surface area contributed by atoms with Crippen molar-refractivity contribution in [2.75, 3.05) is 14.1 Å². The van der Waals surface area contributed by atoms with Gasteiger partial charge in [-0.05, 0) is 53.6 Å². The Balaban J connectivity index is 3.58. The fourth-order valence-corrected chi connectivity index (χ4v) is 2.57. The van der Waals surface area contributed by atoms with E-state index in [0.717, 1.165) is 6.04 Å². The van der Waals surface area contributed by atoms with Gasteiger partial charge in [0.2, 0.25) is 0 Å². The number of unbranched alkanes of at least 4 members (excludes halogenated alkanes) is 5. The molecule has 1 nitrogen and oxygen atoms in total. The van der Waals surface area contributed by atoms with Gasteiger partial charge in [0, 0.05) is 6.04 Å². The van der Waals surface area contributed by atoms with Crippen molar-refractivity contribution in [2.24, 2.45) is 0 Å². The average molecular weight is 268 g/mol. The first-order valence-electron chi connectivity index (χ1n) is 8.40. The SMILES string of the molecule is C/C=C(\C)CCCCCCC(CCCCC)N(C)C. The molecule has 0 saturated carbocycles. The molecule has 0 N–H and O–H groups in total. The molecule has 0 radical (unpaired) electrons. The van der Waals surface area contributed by atoms with E-state index in [1.165, 1.54) is 64.2 Å². The molecule has 0 aromatic heterocycles. The highest BCUT2D eigenvalue weighted by molar-refractivity contribution is 4.94. The summed E-state index contributed by atoms with van der Waals surface area (Å²) < 4.78 is 0. The first kappa shape index (κ1) is 18.7. The normalized spacial score (nSPS) is 14.1. The summed E-state index contributed by atoms with van der Waals surface area (Å²) in [5, 5.41) is 0. The quantitative estimate of drug-likeness (QED) is 0.319. The van der Waals surface area contributed by atoms with Gasteiger partial charge in [-0.15, -0.1) is 0 Å². The van der Waals surface area contributed by atoms with Crippen molar-refractivity contribution in [2.45, 2.75) is 91.0 Å². The maximum Gasteiger partial charge on any atom is 0.00891 e. The topological polar surface area (TPSA) is 3.24 Å². The van der Waals surface area contributed by atoms with Gasteiger partial charge in [0.1, 0.15) is 0 Å². The van der Waals surface area contributed by atoms with Crippen molar-refractivity contribution in [3.05, 3.63) is 11.6 Å². The van der Waals surface area contributed by atoms with Crippen LogP contribution in [0.5, 0.6) is 0 Å². The molecule has 0 rings (SSSR count). The molecule has 0 aromatic rings. The van der Waals surface area contributed by atoms with Crippen LogP contribution in [0.25, 0.3) is 0 Å². The van der Waals surface area contributed by atoms with Crippen molar-refractivity contribution in [3.8, 4) is 0 Å². The van der Waals surface area contributed by atoms with Gasteiger partial charge in [0.05, 0.1) is 0 Å². The van der Waals surface area contributed by atoms with E-state index in [-0.39, 0.29) is 0 Å². The van der Waals surface area contributed by atoms with E-state index in [9.17, 15) is 0 Å². The zero-order valence-corrected chi connectivity index (χ0v) is 14.2. The molecule has 114 valence electrons. The lowest BCUT2D eigenvalue weighted by Gasteiger charge is -2.24. The second-order valence-electron chi connectivity index (χ2n) is 6.20. The van der Waals surface area contributed by atoms with Gasteiger partial charge in [-0.3, -0.25) is 0 Å². The van der Waals surface area contributed by atoms with Gasteiger partial charge in [0.15, 0.2) is 0 Å². The van der Waals surface area contributed by atoms with E-state index in [0.29, 0.717) is 0 Å². The Kier molecular flexibility index (Phi) is 12.5. The Hall–Kier alpha value is -0.300. The van der Waals surface area contributed by atoms with E-state index in [1.807, 2.05) is 0 Å². The van der Waals surface area contributed by atoms with Crippen molar-refractivity contribution in [3.63, 3.8) is 0 Å². The van der Waals surface area contributed by atoms with Crippen molar-refractivity contribution in [1.29, 1.82) is 0 Å². The van der Waals surface area contributed by atoms with Crippen LogP contribution in [0.1, 0.15) is 85.0 Å². The fraction of sp³-hybridized carbons (Fsp3) is 0.889. The van der Waals surface area contributed by atoms with E-state index < -0.39 is 0 Å². The van der Waals surface area contributed by atoms with E-state index in [1.54, 1.807) is 5.57 Å². The highest BCUT2D eigenvalue weighted by Crippen LogP contribution is 2.16. The molecule has 1 unspecified atom stereocenters. The third kappa shape index (κ3) is 11.2. The molecule has 0 heterocycles. The highest BCUT2D eigenvalue weighted by Gasteiger charge is 2.10. The molecule has 0 spiro atoms. The minimum Gasteiger partial charge on any atom is -0.306 e. The number of nitrogens with zero attached hydrogens (tertiary/aromatic N) is 1. The molecule has 0 fully saturated rings. The number of rotatable bonds is 12. The summed E-state index contributed by atoms with van der Waals surface area (Å²) >= 11 is 0. The minimum atomic E-state index is 0.809. The van der Waals surface area contributed by atoms with Crippen LogP contribution in [-0.2, 0) is 0 Å². The smallest absolute Gasteiger partial charge is 0.00891 e. The first-order chi connectivity index (χ1) is 9.11. The van der Waals surface area contributed by atoms with Gasteiger partial charge in [-0.1, -0.05) is 57.1 Å². The monoisotopic (exact) mass is 267 g/mol. The van der Waals surface area contributed by atoms with Crippen LogP contribution in [0.15, 0.2) is 11.6 Å². The molecule has 1 heteroatoms. The summed E-state index contributed by atoms with van der Waals surface area (Å²) in [7, 11) is 4.48. The average Bonchev–Trinajstić information content (AvgIpc) is 2.39. The van der Waals surface area contributed by atoms with Crippen LogP contribution in [-0.4, -0.2) is 25.0 Å². The van der Waals surface area contributed by atoms with Crippen LogP contribution in [0.2, 0.25) is 0 Å². The van der Waals surface area contributed by atoms with Crippen LogP contribution < -0.4 is 0 Å². The summed E-state index contributed by atoms with van der Waals surface area (Å²) in [5.74, 6) is 0. The van der Waals surface area contributed by atoms with Gasteiger partial charge in [-0.2, -0.15) is 0 Å². The Morgan fingerprint density at radius 1 is 0.947 bits per heavy atom. The molecule has 0 bridgehead atoms. The highest BCUT2D eigenvalue weighted by atomic mass is 15.1. The molecule has 1 atom stereocenters. The molecular formula is C18H37N. The number of hydrogen-bond donors (Lipinski definition) is 0. The second kappa shape index (κ2) is 12.7. The first-order valence-corrected chi connectivity index (χ1v) is 8.40. The lowest BCUT2D eigenvalue weighted by molar-refractivity contribution is 0.252. The van der Waals surface area contributed by atoms with E-state index in [2.05, 4.69) is 45.8 Å². The summed E-state index contributed by atoms with van der Waals surface area (Å²) in [6, 6.07) is 0.809. The maximum absolute atomic E-state index is 2.43. The number of allylic oxidation sites excluding steroid dienone is 2. The predicted octanol–water partition coefficient (Wildman–Crippen LogP) is 5.80. The standard InChI is InChI=1S/C18H37N/c1-6-8-11-15-18(19(4)5)16-13-10-9-12-14-17(3)7-2/h7,18H,6,8-16H2,1-5H3/b17-7+. The third-order valence-electron chi connectivity index (χ3n) is 4.22. The van der Waals surface area contributed by atoms with Crippen LogP contribution in [0, 0.1) is 0 Å². The van der Waals surface area contributed by atoms with E-state index in [4.69, 9.17) is 0 Å². The predicted molar refractivity (Wildman–Crippen MR) is 88.8 cm³/mol. The summed E-state index contributed by atoms with van der Waals surface area (Å²) in [4.78, 5) is 2.43. The largest absolute Gasteiger partial charge is 0.306 e. The zero-order chi connectivity index (χ0) is 14.5. The molecule has 0 aliphatic carbocycles. The summed E-state index contributed by atoms with van der Waals surface area (Å²) in [6.07, 6.45) is 16.0. The molecule has 0 aromatic carbocycles. The molecule has 0 amide bonds. The molecule has 0 saturated heterocycles. The molecule has 0 aliphatic rings. The summed E-state index contributed by atoms with van der Waals surface area (Å²) in [6.45, 7) is 6.68. The van der Waals surface area contributed by atoms with Crippen molar-refractivity contribution in [1.82, 2.24) is 4.90 Å². The second-order valence-corrected chi connectivity index (χ2v) is 6.20. The van der Waals surface area contributed by atoms with Crippen molar-refractivity contribution >= 4 is 0 Å². The lowest BCUT2D eigenvalue weighted by Crippen LogP contribution is -2.27. The minimum absolute atomic E-state index is 0.809. The molecule has 0 aliphatic heterocycles. The molecular weight excluding hydrogens is 230 g/mol.